The first-order chi connectivity index (χ1) is 6.79. The Labute approximate surface area is 85.3 Å². The molecule has 0 spiro atoms. The van der Waals surface area contributed by atoms with Crippen molar-refractivity contribution in [2.75, 3.05) is 25.1 Å². The Hall–Kier alpha value is -1.03. The summed E-state index contributed by atoms with van der Waals surface area (Å²) in [5.74, 6) is 0.916. The van der Waals surface area contributed by atoms with Gasteiger partial charge in [-0.3, -0.25) is 0 Å². The average Bonchev–Trinajstić information content (AvgIpc) is 2.63. The highest BCUT2D eigenvalue weighted by Gasteiger charge is 2.08. The summed E-state index contributed by atoms with van der Waals surface area (Å²) in [6, 6.07) is 0.325. The van der Waals surface area contributed by atoms with Crippen molar-refractivity contribution in [1.82, 2.24) is 9.55 Å². The van der Waals surface area contributed by atoms with Gasteiger partial charge in [0, 0.05) is 25.5 Å². The van der Waals surface area contributed by atoms with Gasteiger partial charge in [0.1, 0.15) is 0 Å². The summed E-state index contributed by atoms with van der Waals surface area (Å²) in [4.78, 5) is 4.23. The molecule has 1 atom stereocenters. The third-order valence-electron chi connectivity index (χ3n) is 2.04. The van der Waals surface area contributed by atoms with Crippen molar-refractivity contribution >= 4 is 5.95 Å². The summed E-state index contributed by atoms with van der Waals surface area (Å²) in [6.07, 6.45) is 3.78. The van der Waals surface area contributed by atoms with Gasteiger partial charge in [-0.25, -0.2) is 4.98 Å². The second-order valence-electron chi connectivity index (χ2n) is 3.20. The summed E-state index contributed by atoms with van der Waals surface area (Å²) in [5.41, 5.74) is 0. The van der Waals surface area contributed by atoms with Crippen molar-refractivity contribution in [3.05, 3.63) is 12.4 Å². The van der Waals surface area contributed by atoms with Gasteiger partial charge < -0.3 is 14.6 Å². The first-order valence-electron chi connectivity index (χ1n) is 5.14. The van der Waals surface area contributed by atoms with E-state index in [2.05, 4.69) is 28.7 Å². The lowest BCUT2D eigenvalue weighted by molar-refractivity contribution is 0.119. The van der Waals surface area contributed by atoms with Crippen LogP contribution in [0, 0.1) is 0 Å². The molecule has 0 radical (unpaired) electrons. The molecule has 0 amide bonds. The number of ether oxygens (including phenoxy) is 1. The summed E-state index contributed by atoms with van der Waals surface area (Å²) < 4.78 is 7.47. The van der Waals surface area contributed by atoms with Crippen LogP contribution in [0.3, 0.4) is 0 Å². The summed E-state index contributed by atoms with van der Waals surface area (Å²) >= 11 is 0. The number of hydrogen-bond donors (Lipinski definition) is 1. The molecule has 0 aromatic carbocycles. The molecule has 4 heteroatoms. The molecule has 1 unspecified atom stereocenters. The van der Waals surface area contributed by atoms with Crippen LogP contribution in [0.25, 0.3) is 0 Å². The zero-order valence-electron chi connectivity index (χ0n) is 9.16. The van der Waals surface area contributed by atoms with Gasteiger partial charge in [-0.2, -0.15) is 0 Å². The Morgan fingerprint density at radius 2 is 2.36 bits per heavy atom. The Bertz CT molecular complexity index is 260. The molecular weight excluding hydrogens is 178 g/mol. The monoisotopic (exact) mass is 197 g/mol. The average molecular weight is 197 g/mol. The molecular formula is C10H19N3O. The second kappa shape index (κ2) is 5.65. The number of hydrogen-bond acceptors (Lipinski definition) is 3. The lowest BCUT2D eigenvalue weighted by Crippen LogP contribution is -2.15. The molecule has 0 saturated heterocycles. The van der Waals surface area contributed by atoms with Gasteiger partial charge in [-0.1, -0.05) is 0 Å². The largest absolute Gasteiger partial charge is 0.380 e. The highest BCUT2D eigenvalue weighted by Crippen LogP contribution is 2.13. The van der Waals surface area contributed by atoms with Crippen molar-refractivity contribution in [3.8, 4) is 0 Å². The Morgan fingerprint density at radius 3 is 3.00 bits per heavy atom. The zero-order valence-corrected chi connectivity index (χ0v) is 9.16. The van der Waals surface area contributed by atoms with Crippen molar-refractivity contribution in [2.24, 2.45) is 0 Å². The molecule has 0 aliphatic heterocycles. The standard InChI is InChI=1S/C10H19N3O/c1-4-11-10-12-6-7-13(10)9(3)8-14-5-2/h6-7,9H,4-5,8H2,1-3H3,(H,11,12). The third-order valence-corrected chi connectivity index (χ3v) is 2.04. The Morgan fingerprint density at radius 1 is 1.57 bits per heavy atom. The minimum absolute atomic E-state index is 0.325. The van der Waals surface area contributed by atoms with Crippen LogP contribution >= 0.6 is 0 Å². The van der Waals surface area contributed by atoms with Gasteiger partial charge in [0.2, 0.25) is 5.95 Å². The SMILES string of the molecule is CCNc1nccn1C(C)COCC. The summed E-state index contributed by atoms with van der Waals surface area (Å²) in [7, 11) is 0. The first kappa shape index (κ1) is 11.0. The van der Waals surface area contributed by atoms with E-state index in [-0.39, 0.29) is 0 Å². The fraction of sp³-hybridized carbons (Fsp3) is 0.700. The van der Waals surface area contributed by atoms with Crippen LogP contribution in [-0.4, -0.2) is 29.3 Å². The van der Waals surface area contributed by atoms with Crippen molar-refractivity contribution in [1.29, 1.82) is 0 Å². The maximum Gasteiger partial charge on any atom is 0.203 e. The molecule has 1 rings (SSSR count). The number of aromatic nitrogens is 2. The number of nitrogens with zero attached hydrogens (tertiary/aromatic N) is 2. The molecule has 14 heavy (non-hydrogen) atoms. The number of nitrogens with one attached hydrogen (secondary N) is 1. The van der Waals surface area contributed by atoms with Crippen LogP contribution in [0.5, 0.6) is 0 Å². The van der Waals surface area contributed by atoms with E-state index in [9.17, 15) is 0 Å². The molecule has 0 aliphatic rings. The van der Waals surface area contributed by atoms with Gasteiger partial charge in [0.15, 0.2) is 0 Å². The van der Waals surface area contributed by atoms with Gasteiger partial charge in [0.25, 0.3) is 0 Å². The van der Waals surface area contributed by atoms with Crippen molar-refractivity contribution < 1.29 is 4.74 Å². The molecule has 1 aromatic rings. The maximum absolute atomic E-state index is 5.38. The first-order valence-corrected chi connectivity index (χ1v) is 5.14. The van der Waals surface area contributed by atoms with Crippen LogP contribution in [0.4, 0.5) is 5.95 Å². The number of rotatable bonds is 6. The fourth-order valence-electron chi connectivity index (χ4n) is 1.33. The third kappa shape index (κ3) is 2.73. The quantitative estimate of drug-likeness (QED) is 0.757. The molecule has 4 nitrogen and oxygen atoms in total. The number of anilines is 1. The van der Waals surface area contributed by atoms with Crippen molar-refractivity contribution in [3.63, 3.8) is 0 Å². The van der Waals surface area contributed by atoms with Crippen LogP contribution < -0.4 is 5.32 Å². The highest BCUT2D eigenvalue weighted by atomic mass is 16.5. The second-order valence-corrected chi connectivity index (χ2v) is 3.20. The molecule has 0 bridgehead atoms. The van der Waals surface area contributed by atoms with E-state index in [1.165, 1.54) is 0 Å². The van der Waals surface area contributed by atoms with Gasteiger partial charge in [-0.05, 0) is 20.8 Å². The molecule has 1 heterocycles. The van der Waals surface area contributed by atoms with E-state index in [0.29, 0.717) is 6.04 Å². The van der Waals surface area contributed by atoms with Gasteiger partial charge in [-0.15, -0.1) is 0 Å². The van der Waals surface area contributed by atoms with E-state index in [1.807, 2.05) is 13.1 Å². The topological polar surface area (TPSA) is 39.1 Å². The van der Waals surface area contributed by atoms with Crippen LogP contribution in [0.1, 0.15) is 26.8 Å². The Balaban J connectivity index is 2.58. The minimum atomic E-state index is 0.325. The van der Waals surface area contributed by atoms with Gasteiger partial charge >= 0.3 is 0 Å². The summed E-state index contributed by atoms with van der Waals surface area (Å²) in [6.45, 7) is 8.56. The van der Waals surface area contributed by atoms with E-state index in [4.69, 9.17) is 4.74 Å². The van der Waals surface area contributed by atoms with Gasteiger partial charge in [0.05, 0.1) is 12.6 Å². The molecule has 1 N–H and O–H groups in total. The molecule has 0 aliphatic carbocycles. The predicted molar refractivity (Wildman–Crippen MR) is 57.6 cm³/mol. The Kier molecular flexibility index (Phi) is 4.46. The maximum atomic E-state index is 5.38. The summed E-state index contributed by atoms with van der Waals surface area (Å²) in [5, 5.41) is 3.21. The van der Waals surface area contributed by atoms with Crippen LogP contribution in [0.15, 0.2) is 12.4 Å². The van der Waals surface area contributed by atoms with Crippen LogP contribution in [0.2, 0.25) is 0 Å². The molecule has 0 saturated carbocycles. The lowest BCUT2D eigenvalue weighted by Gasteiger charge is -2.16. The van der Waals surface area contributed by atoms with Crippen molar-refractivity contribution in [2.45, 2.75) is 26.8 Å². The highest BCUT2D eigenvalue weighted by molar-refractivity contribution is 5.26. The van der Waals surface area contributed by atoms with Crippen LogP contribution in [-0.2, 0) is 4.74 Å². The molecule has 1 aromatic heterocycles. The molecule has 0 fully saturated rings. The van der Waals surface area contributed by atoms with E-state index >= 15 is 0 Å². The number of imidazole rings is 1. The lowest BCUT2D eigenvalue weighted by atomic mass is 10.3. The fourth-order valence-corrected chi connectivity index (χ4v) is 1.33. The normalized spacial score (nSPS) is 12.8. The minimum Gasteiger partial charge on any atom is -0.380 e. The van der Waals surface area contributed by atoms with E-state index in [0.717, 1.165) is 25.7 Å². The van der Waals surface area contributed by atoms with E-state index < -0.39 is 0 Å². The zero-order chi connectivity index (χ0) is 10.4. The molecule has 80 valence electrons. The predicted octanol–water partition coefficient (Wildman–Crippen LogP) is 1.91. The van der Waals surface area contributed by atoms with E-state index in [1.54, 1.807) is 6.20 Å². The smallest absolute Gasteiger partial charge is 0.203 e.